The summed E-state index contributed by atoms with van der Waals surface area (Å²) in [6, 6.07) is 0. The van der Waals surface area contributed by atoms with Gasteiger partial charge in [-0.1, -0.05) is 12.8 Å². The summed E-state index contributed by atoms with van der Waals surface area (Å²) < 4.78 is 0. The molecule has 0 aromatic carbocycles. The molecule has 1 aliphatic rings. The number of ketones is 1. The van der Waals surface area contributed by atoms with E-state index in [1.54, 1.807) is 6.92 Å². The summed E-state index contributed by atoms with van der Waals surface area (Å²) >= 11 is 0. The van der Waals surface area contributed by atoms with E-state index in [0.717, 1.165) is 19.5 Å². The zero-order valence-corrected chi connectivity index (χ0v) is 10.1. The number of carbonyl (C=O) groups excluding carboxylic acids is 1. The average molecular weight is 207 g/mol. The Bertz CT molecular complexity index is 281. The second-order valence-electron chi connectivity index (χ2n) is 4.35. The van der Waals surface area contributed by atoms with Gasteiger partial charge in [0.15, 0.2) is 5.78 Å². The van der Waals surface area contributed by atoms with Crippen LogP contribution >= 0.6 is 0 Å². The first-order valence-corrected chi connectivity index (χ1v) is 5.83. The minimum absolute atomic E-state index is 0.277. The highest BCUT2D eigenvalue weighted by Crippen LogP contribution is 2.26. The second-order valence-corrected chi connectivity index (χ2v) is 4.35. The quantitative estimate of drug-likeness (QED) is 0.659. The number of hydrogen-bond donors (Lipinski definition) is 0. The normalized spacial score (nSPS) is 20.5. The average Bonchev–Trinajstić information content (AvgIpc) is 2.78. The van der Waals surface area contributed by atoms with Crippen LogP contribution in [0, 0.1) is 11.8 Å². The maximum absolute atomic E-state index is 12.1. The van der Waals surface area contributed by atoms with E-state index in [9.17, 15) is 4.79 Å². The third-order valence-corrected chi connectivity index (χ3v) is 3.52. The van der Waals surface area contributed by atoms with Gasteiger partial charge in [0.1, 0.15) is 0 Å². The highest BCUT2D eigenvalue weighted by molar-refractivity contribution is 5.89. The van der Waals surface area contributed by atoms with Gasteiger partial charge >= 0.3 is 0 Å². The summed E-state index contributed by atoms with van der Waals surface area (Å²) in [4.78, 5) is 14.4. The minimum atomic E-state index is -0.277. The summed E-state index contributed by atoms with van der Waals surface area (Å²) in [5, 5.41) is 0. The molecule has 0 spiro atoms. The van der Waals surface area contributed by atoms with Crippen molar-refractivity contribution in [1.82, 2.24) is 4.90 Å². The Morgan fingerprint density at radius 3 is 2.47 bits per heavy atom. The van der Waals surface area contributed by atoms with Crippen molar-refractivity contribution < 1.29 is 4.79 Å². The number of Topliss-reactive ketones (excluding diaryl/α,β-unsaturated/α-hetero) is 1. The molecule has 2 nitrogen and oxygen atoms in total. The van der Waals surface area contributed by atoms with Gasteiger partial charge in [0.2, 0.25) is 0 Å². The van der Waals surface area contributed by atoms with Gasteiger partial charge in [0, 0.05) is 0 Å². The van der Waals surface area contributed by atoms with Gasteiger partial charge in [-0.15, -0.1) is 5.92 Å². The molecular weight excluding hydrogens is 186 g/mol. The summed E-state index contributed by atoms with van der Waals surface area (Å²) in [7, 11) is 0. The van der Waals surface area contributed by atoms with Crippen molar-refractivity contribution in [3.05, 3.63) is 0 Å². The Morgan fingerprint density at radius 1 is 1.40 bits per heavy atom. The zero-order chi connectivity index (χ0) is 11.3. The molecule has 0 N–H and O–H groups in total. The summed E-state index contributed by atoms with van der Waals surface area (Å²) in [6.45, 7) is 8.07. The van der Waals surface area contributed by atoms with Crippen LogP contribution in [0.3, 0.4) is 0 Å². The Balaban J connectivity index is 2.72. The lowest BCUT2D eigenvalue weighted by Crippen LogP contribution is -2.50. The Kier molecular flexibility index (Phi) is 4.35. The first-order chi connectivity index (χ1) is 7.15. The fourth-order valence-corrected chi connectivity index (χ4v) is 2.17. The van der Waals surface area contributed by atoms with Crippen LogP contribution in [0.15, 0.2) is 0 Å². The lowest BCUT2D eigenvalue weighted by molar-refractivity contribution is -0.129. The van der Waals surface area contributed by atoms with Crippen molar-refractivity contribution in [2.24, 2.45) is 0 Å². The molecule has 1 unspecified atom stereocenters. The van der Waals surface area contributed by atoms with Gasteiger partial charge in [0.25, 0.3) is 0 Å². The topological polar surface area (TPSA) is 20.3 Å². The van der Waals surface area contributed by atoms with Crippen molar-refractivity contribution in [1.29, 1.82) is 0 Å². The standard InChI is InChI=1S/C13H21NO/c1-4-6-9-12(15)13(3,5-2)14-10-7-8-11-14/h5,7-11H2,1-3H3. The molecule has 84 valence electrons. The van der Waals surface area contributed by atoms with Gasteiger partial charge in [0.05, 0.1) is 12.0 Å². The molecule has 15 heavy (non-hydrogen) atoms. The maximum atomic E-state index is 12.1. The van der Waals surface area contributed by atoms with Gasteiger partial charge in [-0.3, -0.25) is 9.69 Å². The van der Waals surface area contributed by atoms with Crippen molar-refractivity contribution >= 4 is 5.78 Å². The molecule has 0 radical (unpaired) electrons. The molecule has 0 saturated carbocycles. The SMILES string of the molecule is CC#CCC(=O)C(C)(CC)N1CCCC1. The smallest absolute Gasteiger partial charge is 0.164 e. The number of rotatable bonds is 4. The maximum Gasteiger partial charge on any atom is 0.164 e. The van der Waals surface area contributed by atoms with Crippen LogP contribution in [-0.2, 0) is 4.79 Å². The molecule has 1 aliphatic heterocycles. The molecule has 0 aromatic rings. The number of hydrogen-bond acceptors (Lipinski definition) is 2. The Labute approximate surface area is 93.0 Å². The van der Waals surface area contributed by atoms with E-state index in [-0.39, 0.29) is 11.3 Å². The first kappa shape index (κ1) is 12.3. The number of carbonyl (C=O) groups is 1. The van der Waals surface area contributed by atoms with Gasteiger partial charge < -0.3 is 0 Å². The Hall–Kier alpha value is -0.810. The Morgan fingerprint density at radius 2 is 2.00 bits per heavy atom. The molecule has 2 heteroatoms. The van der Waals surface area contributed by atoms with Crippen molar-refractivity contribution in [2.45, 2.75) is 52.0 Å². The largest absolute Gasteiger partial charge is 0.297 e. The number of likely N-dealkylation sites (tertiary alicyclic amines) is 1. The van der Waals surface area contributed by atoms with E-state index in [4.69, 9.17) is 0 Å². The molecule has 0 aromatic heterocycles. The summed E-state index contributed by atoms with van der Waals surface area (Å²) in [5.41, 5.74) is -0.277. The van der Waals surface area contributed by atoms with Crippen LogP contribution in [0.4, 0.5) is 0 Å². The molecule has 1 rings (SSSR count). The monoisotopic (exact) mass is 207 g/mol. The first-order valence-electron chi connectivity index (χ1n) is 5.83. The van der Waals surface area contributed by atoms with Crippen molar-refractivity contribution in [3.8, 4) is 11.8 Å². The second kappa shape index (κ2) is 5.32. The van der Waals surface area contributed by atoms with E-state index >= 15 is 0 Å². The molecule has 1 fully saturated rings. The third-order valence-electron chi connectivity index (χ3n) is 3.52. The van der Waals surface area contributed by atoms with Crippen molar-refractivity contribution in [3.63, 3.8) is 0 Å². The van der Waals surface area contributed by atoms with Crippen LogP contribution in [-0.4, -0.2) is 29.3 Å². The molecule has 1 atom stereocenters. The van der Waals surface area contributed by atoms with Crippen LogP contribution in [0.25, 0.3) is 0 Å². The lowest BCUT2D eigenvalue weighted by Gasteiger charge is -2.36. The van der Waals surface area contributed by atoms with E-state index < -0.39 is 0 Å². The van der Waals surface area contributed by atoms with Gasteiger partial charge in [-0.05, 0) is 46.2 Å². The molecule has 0 aliphatic carbocycles. The molecule has 0 amide bonds. The highest BCUT2D eigenvalue weighted by Gasteiger charge is 2.37. The predicted octanol–water partition coefficient (Wildman–Crippen LogP) is 2.23. The fourth-order valence-electron chi connectivity index (χ4n) is 2.17. The van der Waals surface area contributed by atoms with Crippen molar-refractivity contribution in [2.75, 3.05) is 13.1 Å². The van der Waals surface area contributed by atoms with Crippen LogP contribution in [0.5, 0.6) is 0 Å². The molecule has 0 bridgehead atoms. The van der Waals surface area contributed by atoms with E-state index in [2.05, 4.69) is 30.6 Å². The zero-order valence-electron chi connectivity index (χ0n) is 10.1. The summed E-state index contributed by atoms with van der Waals surface area (Å²) in [6.07, 6.45) is 3.74. The fraction of sp³-hybridized carbons (Fsp3) is 0.769. The lowest BCUT2D eigenvalue weighted by atomic mass is 9.89. The van der Waals surface area contributed by atoms with Crippen LogP contribution in [0.2, 0.25) is 0 Å². The highest BCUT2D eigenvalue weighted by atomic mass is 16.1. The van der Waals surface area contributed by atoms with E-state index in [0.29, 0.717) is 6.42 Å². The molecule has 1 heterocycles. The van der Waals surface area contributed by atoms with Crippen LogP contribution < -0.4 is 0 Å². The predicted molar refractivity (Wildman–Crippen MR) is 62.6 cm³/mol. The van der Waals surface area contributed by atoms with E-state index in [1.165, 1.54) is 12.8 Å². The van der Waals surface area contributed by atoms with Gasteiger partial charge in [-0.25, -0.2) is 0 Å². The minimum Gasteiger partial charge on any atom is -0.297 e. The summed E-state index contributed by atoms with van der Waals surface area (Å²) in [5.74, 6) is 5.96. The third kappa shape index (κ3) is 2.60. The van der Waals surface area contributed by atoms with Crippen LogP contribution in [0.1, 0.15) is 46.5 Å². The molecule has 1 saturated heterocycles. The molecular formula is C13H21NO. The van der Waals surface area contributed by atoms with Gasteiger partial charge in [-0.2, -0.15) is 0 Å². The van der Waals surface area contributed by atoms with E-state index in [1.807, 2.05) is 0 Å². The number of nitrogens with zero attached hydrogens (tertiary/aromatic N) is 1.